The number of hydrogen-bond acceptors (Lipinski definition) is 2. The van der Waals surface area contributed by atoms with Crippen LogP contribution in [0, 0.1) is 0 Å². The van der Waals surface area contributed by atoms with Crippen LogP contribution in [0.4, 0.5) is 4.79 Å². The molecular formula is C9H8O2S. The molecule has 0 fully saturated rings. The van der Waals surface area contributed by atoms with Gasteiger partial charge in [0.1, 0.15) is 0 Å². The number of thioether (sulfide) groups is 1. The molecule has 0 radical (unpaired) electrons. The molecule has 0 unspecified atom stereocenters. The lowest BCUT2D eigenvalue weighted by molar-refractivity contribution is 0.222. The van der Waals surface area contributed by atoms with Gasteiger partial charge in [-0.25, -0.2) is 4.79 Å². The van der Waals surface area contributed by atoms with Crippen LogP contribution in [0.2, 0.25) is 0 Å². The number of carboxylic acid groups (broad SMARTS) is 1. The summed E-state index contributed by atoms with van der Waals surface area (Å²) in [6.07, 6.45) is 1.64. The summed E-state index contributed by atoms with van der Waals surface area (Å²) < 4.78 is 0. The van der Waals surface area contributed by atoms with Gasteiger partial charge in [-0.05, 0) is 23.4 Å². The number of hydrogen-bond donors (Lipinski definition) is 1. The molecule has 0 aromatic heterocycles. The number of rotatable bonds is 2. The molecule has 1 rings (SSSR count). The van der Waals surface area contributed by atoms with Gasteiger partial charge in [-0.15, -0.1) is 0 Å². The zero-order chi connectivity index (χ0) is 8.97. The van der Waals surface area contributed by atoms with Gasteiger partial charge in [0.2, 0.25) is 0 Å². The molecule has 0 aliphatic rings. The molecule has 0 aliphatic carbocycles. The van der Waals surface area contributed by atoms with Crippen LogP contribution < -0.4 is 0 Å². The van der Waals surface area contributed by atoms with E-state index < -0.39 is 5.30 Å². The summed E-state index contributed by atoms with van der Waals surface area (Å²) in [5.74, 6) is 0. The SMILES string of the molecule is C=Cc1ccccc1SC(=O)O. The Morgan fingerprint density at radius 3 is 2.75 bits per heavy atom. The van der Waals surface area contributed by atoms with Crippen LogP contribution in [0.25, 0.3) is 6.08 Å². The predicted octanol–water partition coefficient (Wildman–Crippen LogP) is 3.10. The molecular weight excluding hydrogens is 172 g/mol. The second-order valence-electron chi connectivity index (χ2n) is 2.11. The summed E-state index contributed by atoms with van der Waals surface area (Å²) in [4.78, 5) is 11.1. The van der Waals surface area contributed by atoms with Gasteiger partial charge in [0.15, 0.2) is 0 Å². The van der Waals surface area contributed by atoms with Crippen molar-refractivity contribution < 1.29 is 9.90 Å². The molecule has 1 N–H and O–H groups in total. The van der Waals surface area contributed by atoms with Gasteiger partial charge in [-0.2, -0.15) is 0 Å². The van der Waals surface area contributed by atoms with E-state index in [0.717, 1.165) is 22.2 Å². The van der Waals surface area contributed by atoms with Crippen molar-refractivity contribution in [3.8, 4) is 0 Å². The molecule has 0 heterocycles. The van der Waals surface area contributed by atoms with Crippen molar-refractivity contribution in [2.24, 2.45) is 0 Å². The number of benzene rings is 1. The largest absolute Gasteiger partial charge is 0.473 e. The second kappa shape index (κ2) is 3.97. The summed E-state index contributed by atoms with van der Waals surface area (Å²) in [7, 11) is 0. The first-order valence-electron chi connectivity index (χ1n) is 3.36. The molecule has 0 atom stereocenters. The summed E-state index contributed by atoms with van der Waals surface area (Å²) in [5, 5.41) is 7.62. The average molecular weight is 180 g/mol. The lowest BCUT2D eigenvalue weighted by atomic mass is 10.2. The maximum absolute atomic E-state index is 10.4. The van der Waals surface area contributed by atoms with Crippen LogP contribution >= 0.6 is 11.8 Å². The Kier molecular flexibility index (Phi) is 2.94. The first-order valence-corrected chi connectivity index (χ1v) is 4.18. The quantitative estimate of drug-likeness (QED) is 0.710. The van der Waals surface area contributed by atoms with Crippen LogP contribution in [0.3, 0.4) is 0 Å². The van der Waals surface area contributed by atoms with Gasteiger partial charge >= 0.3 is 5.30 Å². The Labute approximate surface area is 74.9 Å². The molecule has 0 bridgehead atoms. The standard InChI is InChI=1S/C9H8O2S/c1-2-7-5-3-4-6-8(7)12-9(10)11/h2-6H,1H2,(H,10,11). The van der Waals surface area contributed by atoms with E-state index in [2.05, 4.69) is 6.58 Å². The highest BCUT2D eigenvalue weighted by Gasteiger charge is 2.03. The van der Waals surface area contributed by atoms with Crippen molar-refractivity contribution in [2.75, 3.05) is 0 Å². The average Bonchev–Trinajstić information content (AvgIpc) is 2.04. The zero-order valence-electron chi connectivity index (χ0n) is 6.36. The molecule has 0 saturated carbocycles. The molecule has 0 saturated heterocycles. The third-order valence-corrected chi connectivity index (χ3v) is 2.10. The van der Waals surface area contributed by atoms with Crippen molar-refractivity contribution in [3.63, 3.8) is 0 Å². The van der Waals surface area contributed by atoms with Gasteiger partial charge in [0.05, 0.1) is 0 Å². The Hall–Kier alpha value is -1.22. The minimum absolute atomic E-state index is 0.722. The van der Waals surface area contributed by atoms with E-state index in [0.29, 0.717) is 0 Å². The maximum atomic E-state index is 10.4. The predicted molar refractivity (Wildman–Crippen MR) is 50.4 cm³/mol. The Morgan fingerprint density at radius 1 is 1.50 bits per heavy atom. The monoisotopic (exact) mass is 180 g/mol. The smallest absolute Gasteiger partial charge is 0.369 e. The Morgan fingerprint density at radius 2 is 2.17 bits per heavy atom. The van der Waals surface area contributed by atoms with Gasteiger partial charge in [-0.3, -0.25) is 0 Å². The second-order valence-corrected chi connectivity index (χ2v) is 3.10. The highest BCUT2D eigenvalue weighted by Crippen LogP contribution is 2.23. The normalized spacial score (nSPS) is 9.33. The molecule has 62 valence electrons. The van der Waals surface area contributed by atoms with Crippen molar-refractivity contribution in [3.05, 3.63) is 36.4 Å². The van der Waals surface area contributed by atoms with Crippen molar-refractivity contribution >= 4 is 23.1 Å². The molecule has 1 aromatic rings. The highest BCUT2D eigenvalue weighted by atomic mass is 32.2. The van der Waals surface area contributed by atoms with E-state index in [1.807, 2.05) is 12.1 Å². The summed E-state index contributed by atoms with van der Waals surface area (Å²) in [5.41, 5.74) is 0.852. The molecule has 0 spiro atoms. The highest BCUT2D eigenvalue weighted by molar-refractivity contribution is 8.13. The molecule has 0 aliphatic heterocycles. The molecule has 2 nitrogen and oxygen atoms in total. The lowest BCUT2D eigenvalue weighted by Gasteiger charge is -1.99. The molecule has 3 heteroatoms. The van der Waals surface area contributed by atoms with Crippen LogP contribution in [0.15, 0.2) is 35.7 Å². The summed E-state index contributed by atoms with van der Waals surface area (Å²) >= 11 is 0.795. The van der Waals surface area contributed by atoms with E-state index in [4.69, 9.17) is 5.11 Å². The van der Waals surface area contributed by atoms with Crippen molar-refractivity contribution in [1.29, 1.82) is 0 Å². The van der Waals surface area contributed by atoms with Crippen molar-refractivity contribution in [2.45, 2.75) is 4.90 Å². The third-order valence-electron chi connectivity index (χ3n) is 1.34. The zero-order valence-corrected chi connectivity index (χ0v) is 7.17. The van der Waals surface area contributed by atoms with E-state index in [1.54, 1.807) is 18.2 Å². The number of carbonyl (C=O) groups is 1. The fourth-order valence-corrected chi connectivity index (χ4v) is 1.44. The van der Waals surface area contributed by atoms with E-state index >= 15 is 0 Å². The summed E-state index contributed by atoms with van der Waals surface area (Å²) in [6, 6.07) is 7.25. The van der Waals surface area contributed by atoms with Crippen LogP contribution in [-0.4, -0.2) is 10.4 Å². The van der Waals surface area contributed by atoms with E-state index in [1.165, 1.54) is 0 Å². The minimum Gasteiger partial charge on any atom is -0.473 e. The molecule has 0 amide bonds. The fourth-order valence-electron chi connectivity index (χ4n) is 0.836. The fraction of sp³-hybridized carbons (Fsp3) is 0. The minimum atomic E-state index is -0.899. The topological polar surface area (TPSA) is 37.3 Å². The van der Waals surface area contributed by atoms with Crippen LogP contribution in [-0.2, 0) is 0 Å². The summed E-state index contributed by atoms with van der Waals surface area (Å²) in [6.45, 7) is 3.59. The Balaban J connectivity index is 2.96. The van der Waals surface area contributed by atoms with Crippen molar-refractivity contribution in [1.82, 2.24) is 0 Å². The van der Waals surface area contributed by atoms with Crippen LogP contribution in [0.1, 0.15) is 5.56 Å². The maximum Gasteiger partial charge on any atom is 0.369 e. The molecule has 1 aromatic carbocycles. The first-order chi connectivity index (χ1) is 5.74. The van der Waals surface area contributed by atoms with Gasteiger partial charge < -0.3 is 5.11 Å². The van der Waals surface area contributed by atoms with E-state index in [-0.39, 0.29) is 0 Å². The van der Waals surface area contributed by atoms with Crippen LogP contribution in [0.5, 0.6) is 0 Å². The lowest BCUT2D eigenvalue weighted by Crippen LogP contribution is -1.85. The van der Waals surface area contributed by atoms with E-state index in [9.17, 15) is 4.79 Å². The molecule has 12 heavy (non-hydrogen) atoms. The van der Waals surface area contributed by atoms with Gasteiger partial charge in [-0.1, -0.05) is 30.9 Å². The first kappa shape index (κ1) is 8.87. The van der Waals surface area contributed by atoms with Gasteiger partial charge in [0.25, 0.3) is 0 Å². The Bertz CT molecular complexity index is 307. The third kappa shape index (κ3) is 2.13. The van der Waals surface area contributed by atoms with Gasteiger partial charge in [0, 0.05) is 4.90 Å².